The third-order valence-electron chi connectivity index (χ3n) is 2.73. The molecule has 2 nitrogen and oxygen atoms in total. The van der Waals surface area contributed by atoms with Crippen molar-refractivity contribution in [3.63, 3.8) is 0 Å². The summed E-state index contributed by atoms with van der Waals surface area (Å²) in [5, 5.41) is 0.961. The number of halogens is 1. The van der Waals surface area contributed by atoms with E-state index in [0.717, 1.165) is 11.8 Å². The highest BCUT2D eigenvalue weighted by atomic mass is 79.9. The van der Waals surface area contributed by atoms with Gasteiger partial charge < -0.3 is 0 Å². The lowest BCUT2D eigenvalue weighted by molar-refractivity contribution is 0.597. The second-order valence-electron chi connectivity index (χ2n) is 3.85. The lowest BCUT2D eigenvalue weighted by Crippen LogP contribution is -2.04. The van der Waals surface area contributed by atoms with Gasteiger partial charge in [-0.2, -0.15) is 0 Å². The molecule has 0 heterocycles. The molecular weight excluding hydrogens is 288 g/mol. The molecule has 1 atom stereocenters. The molecule has 1 unspecified atom stereocenters. The van der Waals surface area contributed by atoms with E-state index in [1.165, 1.54) is 5.56 Å². The Balaban J connectivity index is 2.91. The molecule has 0 aliphatic carbocycles. The Bertz CT molecular complexity index is 423. The van der Waals surface area contributed by atoms with E-state index in [2.05, 4.69) is 22.9 Å². The largest absolute Gasteiger partial charge is 0.224 e. The molecule has 0 amide bonds. The third kappa shape index (κ3) is 3.32. The van der Waals surface area contributed by atoms with Crippen LogP contribution in [0.25, 0.3) is 0 Å². The molecule has 0 aliphatic rings. The number of alkyl halides is 1. The standard InChI is InChI=1S/C12H17BrO2S/c1-3-16(14,15)12-6-4-11(5-7-12)10(2)8-9-13/h4-7,10H,3,8-9H2,1-2H3. The van der Waals surface area contributed by atoms with Crippen molar-refractivity contribution in [1.29, 1.82) is 0 Å². The number of hydrogen-bond acceptors (Lipinski definition) is 2. The van der Waals surface area contributed by atoms with Crippen molar-refractivity contribution < 1.29 is 8.42 Å². The summed E-state index contributed by atoms with van der Waals surface area (Å²) in [4.78, 5) is 0.421. The molecule has 0 fully saturated rings. The molecule has 0 spiro atoms. The fourth-order valence-electron chi connectivity index (χ4n) is 1.50. The van der Waals surface area contributed by atoms with Crippen molar-refractivity contribution in [2.24, 2.45) is 0 Å². The molecule has 0 radical (unpaired) electrons. The topological polar surface area (TPSA) is 34.1 Å². The van der Waals surface area contributed by atoms with Gasteiger partial charge in [0, 0.05) is 5.33 Å². The van der Waals surface area contributed by atoms with Gasteiger partial charge in [-0.25, -0.2) is 8.42 Å². The summed E-state index contributed by atoms with van der Waals surface area (Å²) in [6, 6.07) is 7.24. The minimum absolute atomic E-state index is 0.156. The van der Waals surface area contributed by atoms with Gasteiger partial charge in [0.25, 0.3) is 0 Å². The quantitative estimate of drug-likeness (QED) is 0.782. The Hall–Kier alpha value is -0.350. The molecule has 90 valence electrons. The molecule has 0 saturated heterocycles. The SMILES string of the molecule is CCS(=O)(=O)c1ccc(C(C)CCBr)cc1. The molecule has 4 heteroatoms. The summed E-state index contributed by atoms with van der Waals surface area (Å²) in [5.74, 6) is 0.612. The van der Waals surface area contributed by atoms with Crippen LogP contribution in [0.15, 0.2) is 29.2 Å². The summed E-state index contributed by atoms with van der Waals surface area (Å²) in [7, 11) is -3.06. The first kappa shape index (κ1) is 13.7. The molecular formula is C12H17BrO2S. The summed E-state index contributed by atoms with van der Waals surface area (Å²) in [6.45, 7) is 3.81. The maximum Gasteiger partial charge on any atom is 0.178 e. The van der Waals surface area contributed by atoms with E-state index in [9.17, 15) is 8.42 Å². The van der Waals surface area contributed by atoms with Gasteiger partial charge >= 0.3 is 0 Å². The van der Waals surface area contributed by atoms with Crippen LogP contribution in [0.3, 0.4) is 0 Å². The highest BCUT2D eigenvalue weighted by Crippen LogP contribution is 2.21. The minimum Gasteiger partial charge on any atom is -0.224 e. The maximum absolute atomic E-state index is 11.6. The van der Waals surface area contributed by atoms with Crippen LogP contribution in [0.4, 0.5) is 0 Å². The van der Waals surface area contributed by atoms with Gasteiger partial charge in [-0.05, 0) is 30.0 Å². The maximum atomic E-state index is 11.6. The smallest absolute Gasteiger partial charge is 0.178 e. The average molecular weight is 305 g/mol. The van der Waals surface area contributed by atoms with E-state index in [0.29, 0.717) is 10.8 Å². The number of hydrogen-bond donors (Lipinski definition) is 0. The Labute approximate surface area is 106 Å². The van der Waals surface area contributed by atoms with Gasteiger partial charge in [0.05, 0.1) is 10.6 Å². The number of benzene rings is 1. The van der Waals surface area contributed by atoms with Gasteiger partial charge in [-0.15, -0.1) is 0 Å². The molecule has 0 saturated carbocycles. The summed E-state index contributed by atoms with van der Waals surface area (Å²) in [6.07, 6.45) is 1.06. The van der Waals surface area contributed by atoms with Crippen LogP contribution in [0.2, 0.25) is 0 Å². The average Bonchev–Trinajstić information content (AvgIpc) is 2.29. The third-order valence-corrected chi connectivity index (χ3v) is 4.94. The van der Waals surface area contributed by atoms with E-state index in [4.69, 9.17) is 0 Å². The Morgan fingerprint density at radius 1 is 1.25 bits per heavy atom. The van der Waals surface area contributed by atoms with E-state index >= 15 is 0 Å². The molecule has 1 rings (SSSR count). The Morgan fingerprint density at radius 3 is 2.25 bits per heavy atom. The predicted octanol–water partition coefficient (Wildman–Crippen LogP) is 3.37. The summed E-state index contributed by atoms with van der Waals surface area (Å²) >= 11 is 3.41. The first-order valence-electron chi connectivity index (χ1n) is 5.40. The van der Waals surface area contributed by atoms with Gasteiger partial charge in [-0.3, -0.25) is 0 Å². The predicted molar refractivity (Wildman–Crippen MR) is 71.0 cm³/mol. The zero-order valence-electron chi connectivity index (χ0n) is 9.61. The number of sulfone groups is 1. The normalized spacial score (nSPS) is 13.7. The second-order valence-corrected chi connectivity index (χ2v) is 6.92. The van der Waals surface area contributed by atoms with Crippen LogP contribution < -0.4 is 0 Å². The molecule has 0 N–H and O–H groups in total. The van der Waals surface area contributed by atoms with E-state index < -0.39 is 9.84 Å². The zero-order valence-corrected chi connectivity index (χ0v) is 12.0. The molecule has 1 aromatic rings. The van der Waals surface area contributed by atoms with Gasteiger partial charge in [-0.1, -0.05) is 41.9 Å². The summed E-state index contributed by atoms with van der Waals surface area (Å²) < 4.78 is 23.2. The molecule has 16 heavy (non-hydrogen) atoms. The Kier molecular flexibility index (Phi) is 4.99. The summed E-state index contributed by atoms with van der Waals surface area (Å²) in [5.41, 5.74) is 1.19. The molecule has 0 aromatic heterocycles. The lowest BCUT2D eigenvalue weighted by Gasteiger charge is -2.10. The molecule has 1 aromatic carbocycles. The van der Waals surface area contributed by atoms with Crippen LogP contribution >= 0.6 is 15.9 Å². The molecule has 0 aliphatic heterocycles. The van der Waals surface area contributed by atoms with Crippen molar-refractivity contribution >= 4 is 25.8 Å². The van der Waals surface area contributed by atoms with Crippen molar-refractivity contribution in [2.75, 3.05) is 11.1 Å². The van der Waals surface area contributed by atoms with Gasteiger partial charge in [0.15, 0.2) is 9.84 Å². The van der Waals surface area contributed by atoms with Crippen LogP contribution in [-0.2, 0) is 9.84 Å². The first-order valence-corrected chi connectivity index (χ1v) is 8.17. The monoisotopic (exact) mass is 304 g/mol. The second kappa shape index (κ2) is 5.82. The Morgan fingerprint density at radius 2 is 1.81 bits per heavy atom. The van der Waals surface area contributed by atoms with Crippen LogP contribution in [0.5, 0.6) is 0 Å². The van der Waals surface area contributed by atoms with E-state index in [1.807, 2.05) is 12.1 Å². The van der Waals surface area contributed by atoms with Crippen molar-refractivity contribution in [2.45, 2.75) is 31.1 Å². The highest BCUT2D eigenvalue weighted by molar-refractivity contribution is 9.09. The minimum atomic E-state index is -3.06. The van der Waals surface area contributed by atoms with Gasteiger partial charge in [0.2, 0.25) is 0 Å². The van der Waals surface area contributed by atoms with E-state index in [1.54, 1.807) is 19.1 Å². The van der Waals surface area contributed by atoms with Crippen LogP contribution in [-0.4, -0.2) is 19.5 Å². The fraction of sp³-hybridized carbons (Fsp3) is 0.500. The fourth-order valence-corrected chi connectivity index (χ4v) is 3.07. The highest BCUT2D eigenvalue weighted by Gasteiger charge is 2.12. The van der Waals surface area contributed by atoms with Crippen molar-refractivity contribution in [3.8, 4) is 0 Å². The molecule has 0 bridgehead atoms. The van der Waals surface area contributed by atoms with E-state index in [-0.39, 0.29) is 5.75 Å². The van der Waals surface area contributed by atoms with Crippen molar-refractivity contribution in [1.82, 2.24) is 0 Å². The lowest BCUT2D eigenvalue weighted by atomic mass is 9.99. The number of rotatable bonds is 5. The zero-order chi connectivity index (χ0) is 12.2. The van der Waals surface area contributed by atoms with Gasteiger partial charge in [0.1, 0.15) is 0 Å². The first-order chi connectivity index (χ1) is 7.51. The van der Waals surface area contributed by atoms with Crippen LogP contribution in [0.1, 0.15) is 31.7 Å². The van der Waals surface area contributed by atoms with Crippen molar-refractivity contribution in [3.05, 3.63) is 29.8 Å². The van der Waals surface area contributed by atoms with Crippen LogP contribution in [0, 0.1) is 0 Å².